The van der Waals surface area contributed by atoms with Crippen LogP contribution in [0, 0.1) is 5.82 Å². The molecule has 0 aliphatic carbocycles. The SMILES string of the molecule is CC(C)(C)OC(=O)Nc1cc(NCC(O)CCl)ccc1F. The van der Waals surface area contributed by atoms with Crippen LogP contribution in [0.4, 0.5) is 20.6 Å². The van der Waals surface area contributed by atoms with Crippen LogP contribution in [0.5, 0.6) is 0 Å². The summed E-state index contributed by atoms with van der Waals surface area (Å²) in [7, 11) is 0. The van der Waals surface area contributed by atoms with E-state index in [1.165, 1.54) is 18.2 Å². The van der Waals surface area contributed by atoms with E-state index in [4.69, 9.17) is 16.3 Å². The van der Waals surface area contributed by atoms with E-state index in [2.05, 4.69) is 10.6 Å². The van der Waals surface area contributed by atoms with Crippen molar-refractivity contribution in [3.8, 4) is 0 Å². The van der Waals surface area contributed by atoms with E-state index in [1.807, 2.05) is 0 Å². The molecule has 21 heavy (non-hydrogen) atoms. The van der Waals surface area contributed by atoms with E-state index >= 15 is 0 Å². The van der Waals surface area contributed by atoms with Crippen LogP contribution in [0.3, 0.4) is 0 Å². The molecule has 118 valence electrons. The lowest BCUT2D eigenvalue weighted by atomic mass is 10.2. The van der Waals surface area contributed by atoms with Gasteiger partial charge in [0.05, 0.1) is 17.7 Å². The van der Waals surface area contributed by atoms with Crippen LogP contribution in [0.2, 0.25) is 0 Å². The predicted octanol–water partition coefficient (Wildman–Crippen LogP) is 3.18. The molecule has 0 spiro atoms. The molecule has 0 saturated heterocycles. The van der Waals surface area contributed by atoms with Gasteiger partial charge >= 0.3 is 6.09 Å². The lowest BCUT2D eigenvalue weighted by Gasteiger charge is -2.20. The maximum Gasteiger partial charge on any atom is 0.412 e. The number of rotatable bonds is 5. The molecule has 0 fully saturated rings. The minimum absolute atomic E-state index is 0.00499. The Hall–Kier alpha value is -1.53. The summed E-state index contributed by atoms with van der Waals surface area (Å²) in [4.78, 5) is 11.6. The monoisotopic (exact) mass is 318 g/mol. The summed E-state index contributed by atoms with van der Waals surface area (Å²) in [6, 6.07) is 4.12. The molecule has 0 aliphatic rings. The van der Waals surface area contributed by atoms with Gasteiger partial charge in [-0.25, -0.2) is 9.18 Å². The number of benzene rings is 1. The summed E-state index contributed by atoms with van der Waals surface area (Å²) in [6.45, 7) is 5.37. The fraction of sp³-hybridized carbons (Fsp3) is 0.500. The van der Waals surface area contributed by atoms with Crippen molar-refractivity contribution in [2.45, 2.75) is 32.5 Å². The first kappa shape index (κ1) is 17.5. The molecule has 0 saturated carbocycles. The Kier molecular flexibility index (Phi) is 6.23. The molecule has 1 aromatic rings. The minimum atomic E-state index is -0.737. The third-order valence-electron chi connectivity index (χ3n) is 2.32. The molecule has 1 amide bonds. The molecule has 1 unspecified atom stereocenters. The van der Waals surface area contributed by atoms with Crippen LogP contribution in [0.15, 0.2) is 18.2 Å². The van der Waals surface area contributed by atoms with E-state index in [9.17, 15) is 14.3 Å². The van der Waals surface area contributed by atoms with Crippen molar-refractivity contribution in [3.63, 3.8) is 0 Å². The Morgan fingerprint density at radius 3 is 2.71 bits per heavy atom. The number of anilines is 2. The van der Waals surface area contributed by atoms with Gasteiger partial charge in [0.1, 0.15) is 11.4 Å². The molecule has 0 radical (unpaired) electrons. The fourth-order valence-corrected chi connectivity index (χ4v) is 1.54. The summed E-state index contributed by atoms with van der Waals surface area (Å²) < 4.78 is 18.7. The van der Waals surface area contributed by atoms with Gasteiger partial charge in [0.25, 0.3) is 0 Å². The van der Waals surface area contributed by atoms with Crippen LogP contribution in [-0.4, -0.2) is 35.3 Å². The Bertz CT molecular complexity index is 492. The predicted molar refractivity (Wildman–Crippen MR) is 81.5 cm³/mol. The number of halogens is 2. The average molecular weight is 319 g/mol. The van der Waals surface area contributed by atoms with E-state index in [0.717, 1.165) is 0 Å². The van der Waals surface area contributed by atoms with Gasteiger partial charge in [0.15, 0.2) is 0 Å². The highest BCUT2D eigenvalue weighted by atomic mass is 35.5. The zero-order chi connectivity index (χ0) is 16.0. The summed E-state index contributed by atoms with van der Waals surface area (Å²) in [5, 5.41) is 14.6. The molecule has 0 heterocycles. The molecule has 5 nitrogen and oxygen atoms in total. The van der Waals surface area contributed by atoms with Gasteiger partial charge in [-0.2, -0.15) is 0 Å². The second-order valence-corrected chi connectivity index (χ2v) is 5.82. The largest absolute Gasteiger partial charge is 0.444 e. The van der Waals surface area contributed by atoms with Gasteiger partial charge in [0.2, 0.25) is 0 Å². The number of aliphatic hydroxyl groups excluding tert-OH is 1. The second-order valence-electron chi connectivity index (χ2n) is 5.51. The van der Waals surface area contributed by atoms with Gasteiger partial charge in [-0.15, -0.1) is 11.6 Å². The van der Waals surface area contributed by atoms with Crippen LogP contribution >= 0.6 is 11.6 Å². The zero-order valence-electron chi connectivity index (χ0n) is 12.2. The average Bonchev–Trinajstić information content (AvgIpc) is 2.37. The maximum atomic E-state index is 13.7. The Balaban J connectivity index is 2.71. The van der Waals surface area contributed by atoms with Crippen LogP contribution in [0.1, 0.15) is 20.8 Å². The van der Waals surface area contributed by atoms with Crippen molar-refractivity contribution < 1.29 is 19.0 Å². The Labute approximate surface area is 128 Å². The van der Waals surface area contributed by atoms with Crippen molar-refractivity contribution in [2.24, 2.45) is 0 Å². The van der Waals surface area contributed by atoms with Crippen molar-refractivity contribution >= 4 is 29.1 Å². The highest BCUT2D eigenvalue weighted by Gasteiger charge is 2.17. The maximum absolute atomic E-state index is 13.7. The Morgan fingerprint density at radius 1 is 1.48 bits per heavy atom. The van der Waals surface area contributed by atoms with Crippen LogP contribution in [0.25, 0.3) is 0 Å². The smallest absolute Gasteiger partial charge is 0.412 e. The van der Waals surface area contributed by atoms with Crippen molar-refractivity contribution in [2.75, 3.05) is 23.1 Å². The first-order chi connectivity index (χ1) is 9.71. The number of hydrogen-bond acceptors (Lipinski definition) is 4. The molecule has 0 aromatic heterocycles. The van der Waals surface area contributed by atoms with Gasteiger partial charge in [-0.3, -0.25) is 5.32 Å². The number of aliphatic hydroxyl groups is 1. The molecule has 0 aliphatic heterocycles. The molecule has 0 bridgehead atoms. The standard InChI is InChI=1S/C14H20ClFN2O3/c1-14(2,3)21-13(20)18-12-6-9(4-5-11(12)16)17-8-10(19)7-15/h4-6,10,17,19H,7-8H2,1-3H3,(H,18,20). The number of nitrogens with one attached hydrogen (secondary N) is 2. The number of amides is 1. The summed E-state index contributed by atoms with van der Waals surface area (Å²) in [5.74, 6) is -0.485. The highest BCUT2D eigenvalue weighted by molar-refractivity contribution is 6.18. The van der Waals surface area contributed by atoms with E-state index in [1.54, 1.807) is 20.8 Å². The van der Waals surface area contributed by atoms with Gasteiger partial charge in [0, 0.05) is 12.2 Å². The van der Waals surface area contributed by atoms with Gasteiger partial charge < -0.3 is 15.2 Å². The first-order valence-electron chi connectivity index (χ1n) is 6.48. The van der Waals surface area contributed by atoms with Gasteiger partial charge in [-0.05, 0) is 39.0 Å². The molecule has 3 N–H and O–H groups in total. The number of hydrogen-bond donors (Lipinski definition) is 3. The van der Waals surface area contributed by atoms with Crippen molar-refractivity contribution in [1.29, 1.82) is 0 Å². The lowest BCUT2D eigenvalue weighted by molar-refractivity contribution is 0.0635. The molecular weight excluding hydrogens is 299 g/mol. The van der Waals surface area contributed by atoms with Crippen molar-refractivity contribution in [3.05, 3.63) is 24.0 Å². The quantitative estimate of drug-likeness (QED) is 0.729. The highest BCUT2D eigenvalue weighted by Crippen LogP contribution is 2.20. The summed E-state index contributed by atoms with van der Waals surface area (Å²) in [5.41, 5.74) is -0.123. The van der Waals surface area contributed by atoms with Crippen LogP contribution in [-0.2, 0) is 4.74 Å². The molecule has 1 aromatic carbocycles. The normalized spacial score (nSPS) is 12.7. The zero-order valence-corrected chi connectivity index (χ0v) is 13.0. The lowest BCUT2D eigenvalue weighted by Crippen LogP contribution is -2.27. The summed E-state index contributed by atoms with van der Waals surface area (Å²) >= 11 is 5.48. The first-order valence-corrected chi connectivity index (χ1v) is 7.02. The third-order valence-corrected chi connectivity index (χ3v) is 2.68. The van der Waals surface area contributed by atoms with Crippen LogP contribution < -0.4 is 10.6 Å². The number of ether oxygens (including phenoxy) is 1. The third kappa shape index (κ3) is 6.64. The van der Waals surface area contributed by atoms with E-state index in [0.29, 0.717) is 5.69 Å². The molecule has 1 atom stereocenters. The van der Waals surface area contributed by atoms with Crippen molar-refractivity contribution in [1.82, 2.24) is 0 Å². The molecule has 7 heteroatoms. The Morgan fingerprint density at radius 2 is 2.14 bits per heavy atom. The number of alkyl halides is 1. The molecule has 1 rings (SSSR count). The molecular formula is C14H20ClFN2O3. The topological polar surface area (TPSA) is 70.6 Å². The number of carbonyl (C=O) groups is 1. The van der Waals surface area contributed by atoms with E-state index < -0.39 is 23.6 Å². The van der Waals surface area contributed by atoms with E-state index in [-0.39, 0.29) is 18.1 Å². The fourth-order valence-electron chi connectivity index (χ4n) is 1.43. The summed E-state index contributed by atoms with van der Waals surface area (Å²) in [6.07, 6.45) is -1.45. The number of carbonyl (C=O) groups excluding carboxylic acids is 1. The minimum Gasteiger partial charge on any atom is -0.444 e. The van der Waals surface area contributed by atoms with Gasteiger partial charge in [-0.1, -0.05) is 0 Å². The second kappa shape index (κ2) is 7.47.